The van der Waals surface area contributed by atoms with Crippen molar-refractivity contribution in [3.05, 3.63) is 35.9 Å². The molecule has 0 saturated carbocycles. The van der Waals surface area contributed by atoms with Gasteiger partial charge in [-0.2, -0.15) is 0 Å². The standard InChI is InChI=1S/C14H19NO4/c1-10(2)13(14(17)18)15-8-12(16)19-9-11-6-4-3-5-7-11/h3-7,10,13,15H,8-9H2,1-2H3,(H,17,18). The molecule has 19 heavy (non-hydrogen) atoms. The van der Waals surface area contributed by atoms with Crippen LogP contribution < -0.4 is 5.32 Å². The lowest BCUT2D eigenvalue weighted by molar-refractivity contribution is -0.145. The molecule has 1 unspecified atom stereocenters. The lowest BCUT2D eigenvalue weighted by Gasteiger charge is -2.17. The van der Waals surface area contributed by atoms with E-state index in [1.165, 1.54) is 0 Å². The zero-order chi connectivity index (χ0) is 14.3. The number of aliphatic carboxylic acids is 1. The highest BCUT2D eigenvalue weighted by Crippen LogP contribution is 2.02. The summed E-state index contributed by atoms with van der Waals surface area (Å²) in [5, 5.41) is 11.6. The monoisotopic (exact) mass is 265 g/mol. The molecule has 1 atom stereocenters. The molecule has 1 aromatic rings. The average Bonchev–Trinajstić information content (AvgIpc) is 2.37. The van der Waals surface area contributed by atoms with Crippen LogP contribution in [0, 0.1) is 5.92 Å². The maximum Gasteiger partial charge on any atom is 0.320 e. The van der Waals surface area contributed by atoms with Crippen molar-refractivity contribution in [3.63, 3.8) is 0 Å². The molecule has 0 aliphatic carbocycles. The van der Waals surface area contributed by atoms with Crippen molar-refractivity contribution in [2.45, 2.75) is 26.5 Å². The number of carbonyl (C=O) groups is 2. The summed E-state index contributed by atoms with van der Waals surface area (Å²) < 4.78 is 5.04. The van der Waals surface area contributed by atoms with Crippen molar-refractivity contribution >= 4 is 11.9 Å². The molecule has 5 heteroatoms. The zero-order valence-corrected chi connectivity index (χ0v) is 11.1. The summed E-state index contributed by atoms with van der Waals surface area (Å²) >= 11 is 0. The Bertz CT molecular complexity index is 417. The van der Waals surface area contributed by atoms with E-state index in [2.05, 4.69) is 5.32 Å². The topological polar surface area (TPSA) is 75.6 Å². The molecular weight excluding hydrogens is 246 g/mol. The molecule has 0 radical (unpaired) electrons. The Morgan fingerprint density at radius 1 is 1.26 bits per heavy atom. The molecule has 2 N–H and O–H groups in total. The van der Waals surface area contributed by atoms with Crippen LogP contribution in [0.15, 0.2) is 30.3 Å². The highest BCUT2D eigenvalue weighted by Gasteiger charge is 2.21. The maximum atomic E-state index is 11.5. The van der Waals surface area contributed by atoms with Gasteiger partial charge < -0.3 is 9.84 Å². The summed E-state index contributed by atoms with van der Waals surface area (Å²) in [6.07, 6.45) is 0. The zero-order valence-electron chi connectivity index (χ0n) is 11.1. The minimum Gasteiger partial charge on any atom is -0.480 e. The van der Waals surface area contributed by atoms with Gasteiger partial charge in [0.15, 0.2) is 0 Å². The first-order valence-corrected chi connectivity index (χ1v) is 6.16. The minimum atomic E-state index is -0.967. The van der Waals surface area contributed by atoms with E-state index < -0.39 is 18.0 Å². The molecule has 0 heterocycles. The minimum absolute atomic E-state index is 0.0978. The van der Waals surface area contributed by atoms with Gasteiger partial charge in [0, 0.05) is 0 Å². The van der Waals surface area contributed by atoms with Crippen molar-refractivity contribution in [1.82, 2.24) is 5.32 Å². The smallest absolute Gasteiger partial charge is 0.320 e. The Hall–Kier alpha value is -1.88. The number of esters is 1. The quantitative estimate of drug-likeness (QED) is 0.729. The van der Waals surface area contributed by atoms with Crippen LogP contribution in [0.3, 0.4) is 0 Å². The first-order chi connectivity index (χ1) is 9.00. The number of hydrogen-bond donors (Lipinski definition) is 2. The second-order valence-electron chi connectivity index (χ2n) is 4.59. The maximum absolute atomic E-state index is 11.5. The summed E-state index contributed by atoms with van der Waals surface area (Å²) in [5.74, 6) is -1.53. The Morgan fingerprint density at radius 2 is 1.89 bits per heavy atom. The molecule has 0 bridgehead atoms. The van der Waals surface area contributed by atoms with E-state index in [4.69, 9.17) is 9.84 Å². The Morgan fingerprint density at radius 3 is 2.42 bits per heavy atom. The van der Waals surface area contributed by atoms with Crippen LogP contribution in [0.2, 0.25) is 0 Å². The van der Waals surface area contributed by atoms with Crippen molar-refractivity contribution in [2.75, 3.05) is 6.54 Å². The van der Waals surface area contributed by atoms with Crippen molar-refractivity contribution in [1.29, 1.82) is 0 Å². The molecule has 0 aliphatic heterocycles. The normalized spacial score (nSPS) is 12.2. The van der Waals surface area contributed by atoms with Gasteiger partial charge in [0.1, 0.15) is 12.6 Å². The number of carboxylic acids is 1. The highest BCUT2D eigenvalue weighted by molar-refractivity contribution is 5.76. The second kappa shape index (κ2) is 7.53. The fraction of sp³-hybridized carbons (Fsp3) is 0.429. The van der Waals surface area contributed by atoms with E-state index in [0.717, 1.165) is 5.56 Å². The number of rotatable bonds is 7. The van der Waals surface area contributed by atoms with Crippen LogP contribution in [0.1, 0.15) is 19.4 Å². The van der Waals surface area contributed by atoms with E-state index in [1.54, 1.807) is 13.8 Å². The van der Waals surface area contributed by atoms with Crippen molar-refractivity contribution in [3.8, 4) is 0 Å². The first kappa shape index (κ1) is 15.2. The molecule has 0 amide bonds. The third-order valence-corrected chi connectivity index (χ3v) is 2.64. The van der Waals surface area contributed by atoms with Gasteiger partial charge in [-0.1, -0.05) is 44.2 Å². The van der Waals surface area contributed by atoms with Gasteiger partial charge in [-0.3, -0.25) is 14.9 Å². The highest BCUT2D eigenvalue weighted by atomic mass is 16.5. The lowest BCUT2D eigenvalue weighted by atomic mass is 10.1. The summed E-state index contributed by atoms with van der Waals surface area (Å²) in [4.78, 5) is 22.4. The molecule has 0 spiro atoms. The predicted octanol–water partition coefficient (Wildman–Crippen LogP) is 1.43. The number of nitrogens with one attached hydrogen (secondary N) is 1. The molecule has 1 aromatic carbocycles. The number of carboxylic acid groups (broad SMARTS) is 1. The SMILES string of the molecule is CC(C)C(NCC(=O)OCc1ccccc1)C(=O)O. The summed E-state index contributed by atoms with van der Waals surface area (Å²) in [6, 6.07) is 8.57. The molecule has 0 saturated heterocycles. The summed E-state index contributed by atoms with van der Waals surface area (Å²) in [5.41, 5.74) is 0.898. The second-order valence-corrected chi connectivity index (χ2v) is 4.59. The van der Waals surface area contributed by atoms with Crippen LogP contribution in [0.25, 0.3) is 0 Å². The molecule has 0 aliphatic rings. The number of benzene rings is 1. The van der Waals surface area contributed by atoms with Gasteiger partial charge in [0.05, 0.1) is 6.54 Å². The van der Waals surface area contributed by atoms with Crippen molar-refractivity contribution < 1.29 is 19.4 Å². The number of ether oxygens (including phenoxy) is 1. The van der Waals surface area contributed by atoms with Crippen LogP contribution in [-0.2, 0) is 20.9 Å². The van der Waals surface area contributed by atoms with E-state index in [9.17, 15) is 9.59 Å². The molecule has 0 aromatic heterocycles. The van der Waals surface area contributed by atoms with Gasteiger partial charge in [-0.15, -0.1) is 0 Å². The lowest BCUT2D eigenvalue weighted by Crippen LogP contribution is -2.43. The van der Waals surface area contributed by atoms with Gasteiger partial charge in [-0.05, 0) is 11.5 Å². The fourth-order valence-corrected chi connectivity index (χ4v) is 1.59. The Kier molecular flexibility index (Phi) is 6.02. The predicted molar refractivity (Wildman–Crippen MR) is 70.5 cm³/mol. The molecule has 5 nitrogen and oxygen atoms in total. The first-order valence-electron chi connectivity index (χ1n) is 6.16. The van der Waals surface area contributed by atoms with Crippen LogP contribution in [0.4, 0.5) is 0 Å². The van der Waals surface area contributed by atoms with E-state index >= 15 is 0 Å². The number of carbonyl (C=O) groups excluding carboxylic acids is 1. The largest absolute Gasteiger partial charge is 0.480 e. The molecule has 104 valence electrons. The Labute approximate surface area is 112 Å². The summed E-state index contributed by atoms with van der Waals surface area (Å²) in [6.45, 7) is 3.64. The van der Waals surface area contributed by atoms with E-state index in [0.29, 0.717) is 0 Å². The van der Waals surface area contributed by atoms with Crippen LogP contribution in [0.5, 0.6) is 0 Å². The Balaban J connectivity index is 2.33. The third-order valence-electron chi connectivity index (χ3n) is 2.64. The van der Waals surface area contributed by atoms with Crippen LogP contribution in [-0.4, -0.2) is 29.6 Å². The van der Waals surface area contributed by atoms with Crippen molar-refractivity contribution in [2.24, 2.45) is 5.92 Å². The molecule has 1 rings (SSSR count). The third kappa shape index (κ3) is 5.52. The van der Waals surface area contributed by atoms with Gasteiger partial charge in [0.2, 0.25) is 0 Å². The van der Waals surface area contributed by atoms with Gasteiger partial charge in [0.25, 0.3) is 0 Å². The molecule has 0 fully saturated rings. The van der Waals surface area contributed by atoms with Gasteiger partial charge in [-0.25, -0.2) is 0 Å². The van der Waals surface area contributed by atoms with Crippen LogP contribution >= 0.6 is 0 Å². The summed E-state index contributed by atoms with van der Waals surface area (Å²) in [7, 11) is 0. The van der Waals surface area contributed by atoms with E-state index in [1.807, 2.05) is 30.3 Å². The fourth-order valence-electron chi connectivity index (χ4n) is 1.59. The number of hydrogen-bond acceptors (Lipinski definition) is 4. The molecular formula is C14H19NO4. The van der Waals surface area contributed by atoms with E-state index in [-0.39, 0.29) is 19.1 Å². The average molecular weight is 265 g/mol. The van der Waals surface area contributed by atoms with Gasteiger partial charge >= 0.3 is 11.9 Å².